The van der Waals surface area contributed by atoms with E-state index in [1.165, 1.54) is 11.3 Å². The Morgan fingerprint density at radius 3 is 2.82 bits per heavy atom. The third kappa shape index (κ3) is 1.61. The van der Waals surface area contributed by atoms with Crippen LogP contribution < -0.4 is 0 Å². The van der Waals surface area contributed by atoms with E-state index in [2.05, 4.69) is 20.9 Å². The predicted octanol–water partition coefficient (Wildman–Crippen LogP) is 1.95. The van der Waals surface area contributed by atoms with E-state index >= 15 is 0 Å². The van der Waals surface area contributed by atoms with Gasteiger partial charge in [-0.3, -0.25) is 0 Å². The normalized spacial score (nSPS) is 19.4. The molecule has 1 aromatic heterocycles. The van der Waals surface area contributed by atoms with Crippen LogP contribution in [0.5, 0.6) is 0 Å². The minimum Gasteiger partial charge on any atom is -0.344 e. The molecule has 1 aliphatic heterocycles. The highest BCUT2D eigenvalue weighted by atomic mass is 79.9. The van der Waals surface area contributed by atoms with Crippen molar-refractivity contribution >= 4 is 27.3 Å². The summed E-state index contributed by atoms with van der Waals surface area (Å²) >= 11 is 4.81. The molecule has 0 unspecified atom stereocenters. The molecule has 2 rings (SSSR count). The van der Waals surface area contributed by atoms with Crippen molar-refractivity contribution < 1.29 is 9.47 Å². The number of thiazole rings is 1. The molecule has 0 bridgehead atoms. The fourth-order valence-electron chi connectivity index (χ4n) is 0.876. The van der Waals surface area contributed by atoms with E-state index in [0.717, 1.165) is 9.61 Å². The average molecular weight is 236 g/mol. The van der Waals surface area contributed by atoms with Gasteiger partial charge in [-0.25, -0.2) is 4.98 Å². The molecule has 0 atom stereocenters. The van der Waals surface area contributed by atoms with Crippen molar-refractivity contribution in [3.8, 4) is 0 Å². The number of rotatable bonds is 1. The van der Waals surface area contributed by atoms with E-state index in [-0.39, 0.29) is 6.29 Å². The van der Waals surface area contributed by atoms with Gasteiger partial charge >= 0.3 is 0 Å². The summed E-state index contributed by atoms with van der Waals surface area (Å²) in [4.78, 5) is 4.18. The first kappa shape index (κ1) is 7.67. The maximum absolute atomic E-state index is 5.26. The Balaban J connectivity index is 2.15. The zero-order valence-electron chi connectivity index (χ0n) is 5.62. The molecule has 60 valence electrons. The van der Waals surface area contributed by atoms with Crippen LogP contribution in [0.2, 0.25) is 0 Å². The van der Waals surface area contributed by atoms with Crippen LogP contribution in [0.4, 0.5) is 0 Å². The summed E-state index contributed by atoms with van der Waals surface area (Å²) in [6.07, 6.45) is -0.230. The van der Waals surface area contributed by atoms with Crippen molar-refractivity contribution in [2.45, 2.75) is 6.29 Å². The lowest BCUT2D eigenvalue weighted by molar-refractivity contribution is -0.0442. The van der Waals surface area contributed by atoms with Crippen molar-refractivity contribution in [1.29, 1.82) is 0 Å². The molecule has 5 heteroatoms. The number of hydrogen-bond acceptors (Lipinski definition) is 4. The maximum Gasteiger partial charge on any atom is 0.211 e. The number of halogens is 1. The second-order valence-electron chi connectivity index (χ2n) is 2.08. The summed E-state index contributed by atoms with van der Waals surface area (Å²) in [5.74, 6) is 0. The summed E-state index contributed by atoms with van der Waals surface area (Å²) in [6, 6.07) is 0. The molecule has 0 aromatic carbocycles. The van der Waals surface area contributed by atoms with Crippen LogP contribution in [-0.4, -0.2) is 18.2 Å². The monoisotopic (exact) mass is 235 g/mol. The number of aromatic nitrogens is 1. The van der Waals surface area contributed by atoms with Crippen LogP contribution in [0.3, 0.4) is 0 Å². The third-order valence-corrected chi connectivity index (χ3v) is 2.89. The van der Waals surface area contributed by atoms with Crippen LogP contribution in [-0.2, 0) is 9.47 Å². The molecule has 1 aliphatic rings. The summed E-state index contributed by atoms with van der Waals surface area (Å²) in [6.45, 7) is 1.34. The maximum atomic E-state index is 5.26. The zero-order valence-corrected chi connectivity index (χ0v) is 8.02. The van der Waals surface area contributed by atoms with E-state index in [9.17, 15) is 0 Å². The van der Waals surface area contributed by atoms with Gasteiger partial charge < -0.3 is 9.47 Å². The molecular weight excluding hydrogens is 230 g/mol. The summed E-state index contributed by atoms with van der Waals surface area (Å²) in [7, 11) is 0. The molecule has 0 N–H and O–H groups in total. The Kier molecular flexibility index (Phi) is 2.22. The summed E-state index contributed by atoms with van der Waals surface area (Å²) < 4.78 is 11.4. The Morgan fingerprint density at radius 1 is 1.55 bits per heavy atom. The molecule has 1 fully saturated rings. The minimum absolute atomic E-state index is 0.230. The Labute approximate surface area is 76.5 Å². The van der Waals surface area contributed by atoms with Gasteiger partial charge in [-0.05, 0) is 15.9 Å². The second-order valence-corrected chi connectivity index (χ2v) is 3.78. The SMILES string of the molecule is Brc1csc(C2OCCO2)n1. The fourth-order valence-corrected chi connectivity index (χ4v) is 2.13. The van der Waals surface area contributed by atoms with Gasteiger partial charge in [0.1, 0.15) is 4.60 Å². The van der Waals surface area contributed by atoms with Crippen LogP contribution in [0.1, 0.15) is 11.3 Å². The molecule has 2 heterocycles. The molecule has 0 amide bonds. The lowest BCUT2D eigenvalue weighted by Gasteiger charge is -2.02. The smallest absolute Gasteiger partial charge is 0.211 e. The minimum atomic E-state index is -0.230. The van der Waals surface area contributed by atoms with Crippen LogP contribution in [0, 0.1) is 0 Å². The molecule has 0 aliphatic carbocycles. The molecule has 1 saturated heterocycles. The highest BCUT2D eigenvalue weighted by Crippen LogP contribution is 2.27. The van der Waals surface area contributed by atoms with E-state index in [0.29, 0.717) is 13.2 Å². The van der Waals surface area contributed by atoms with Crippen molar-refractivity contribution in [2.75, 3.05) is 13.2 Å². The average Bonchev–Trinajstić information content (AvgIpc) is 2.55. The van der Waals surface area contributed by atoms with Gasteiger partial charge in [-0.1, -0.05) is 0 Å². The molecule has 3 nitrogen and oxygen atoms in total. The highest BCUT2D eigenvalue weighted by Gasteiger charge is 2.20. The van der Waals surface area contributed by atoms with Crippen LogP contribution in [0.15, 0.2) is 9.98 Å². The van der Waals surface area contributed by atoms with Crippen LogP contribution >= 0.6 is 27.3 Å². The molecule has 0 spiro atoms. The lowest BCUT2D eigenvalue weighted by Crippen LogP contribution is -1.96. The molecule has 1 aromatic rings. The van der Waals surface area contributed by atoms with Gasteiger partial charge in [0.15, 0.2) is 5.01 Å². The van der Waals surface area contributed by atoms with Gasteiger partial charge in [0.25, 0.3) is 0 Å². The topological polar surface area (TPSA) is 31.4 Å². The van der Waals surface area contributed by atoms with Gasteiger partial charge in [-0.15, -0.1) is 11.3 Å². The van der Waals surface area contributed by atoms with Crippen molar-refractivity contribution in [3.05, 3.63) is 15.0 Å². The van der Waals surface area contributed by atoms with Gasteiger partial charge in [-0.2, -0.15) is 0 Å². The van der Waals surface area contributed by atoms with Gasteiger partial charge in [0.2, 0.25) is 6.29 Å². The Morgan fingerprint density at radius 2 is 2.27 bits per heavy atom. The van der Waals surface area contributed by atoms with E-state index in [4.69, 9.17) is 9.47 Å². The number of ether oxygens (including phenoxy) is 2. The molecule has 0 radical (unpaired) electrons. The second kappa shape index (κ2) is 3.18. The molecular formula is C6H6BrNO2S. The lowest BCUT2D eigenvalue weighted by atomic mass is 10.7. The van der Waals surface area contributed by atoms with Gasteiger partial charge in [0.05, 0.1) is 13.2 Å². The Hall–Kier alpha value is 0.0300. The first-order chi connectivity index (χ1) is 5.36. The zero-order chi connectivity index (χ0) is 7.68. The predicted molar refractivity (Wildman–Crippen MR) is 44.5 cm³/mol. The Bertz CT molecular complexity index is 246. The number of hydrogen-bond donors (Lipinski definition) is 0. The summed E-state index contributed by atoms with van der Waals surface area (Å²) in [5, 5.41) is 2.80. The van der Waals surface area contributed by atoms with Crippen LogP contribution in [0.25, 0.3) is 0 Å². The largest absolute Gasteiger partial charge is 0.344 e. The van der Waals surface area contributed by atoms with Gasteiger partial charge in [0, 0.05) is 5.38 Å². The van der Waals surface area contributed by atoms with Crippen molar-refractivity contribution in [2.24, 2.45) is 0 Å². The first-order valence-corrected chi connectivity index (χ1v) is 4.87. The quantitative estimate of drug-likeness (QED) is 0.746. The first-order valence-electron chi connectivity index (χ1n) is 3.20. The van der Waals surface area contributed by atoms with E-state index in [1.807, 2.05) is 5.38 Å². The number of nitrogens with zero attached hydrogens (tertiary/aromatic N) is 1. The van der Waals surface area contributed by atoms with E-state index in [1.54, 1.807) is 0 Å². The van der Waals surface area contributed by atoms with Crippen molar-refractivity contribution in [1.82, 2.24) is 4.98 Å². The summed E-state index contributed by atoms with van der Waals surface area (Å²) in [5.41, 5.74) is 0. The fraction of sp³-hybridized carbons (Fsp3) is 0.500. The highest BCUT2D eigenvalue weighted by molar-refractivity contribution is 9.10. The standard InChI is InChI=1S/C6H6BrNO2S/c7-4-3-11-5(8-4)6-9-1-2-10-6/h3,6H,1-2H2. The van der Waals surface area contributed by atoms with Crippen molar-refractivity contribution in [3.63, 3.8) is 0 Å². The van der Waals surface area contributed by atoms with E-state index < -0.39 is 0 Å². The third-order valence-electron chi connectivity index (χ3n) is 1.32. The molecule has 0 saturated carbocycles. The molecule has 11 heavy (non-hydrogen) atoms.